The first kappa shape index (κ1) is 21.8. The molecular formula is C21H19BrN2O5S. The number of rotatable bonds is 8. The summed E-state index contributed by atoms with van der Waals surface area (Å²) >= 11 is 3.30. The minimum Gasteiger partial charge on any atom is -0.495 e. The highest BCUT2D eigenvalue weighted by atomic mass is 79.9. The van der Waals surface area contributed by atoms with E-state index in [0.29, 0.717) is 5.69 Å². The van der Waals surface area contributed by atoms with E-state index in [0.717, 1.165) is 10.0 Å². The van der Waals surface area contributed by atoms with Gasteiger partial charge in [-0.1, -0.05) is 46.3 Å². The van der Waals surface area contributed by atoms with Gasteiger partial charge < -0.3 is 4.74 Å². The quantitative estimate of drug-likeness (QED) is 0.463. The van der Waals surface area contributed by atoms with Crippen molar-refractivity contribution >= 4 is 37.5 Å². The zero-order chi connectivity index (χ0) is 21.6. The molecule has 7 nitrogen and oxygen atoms in total. The third kappa shape index (κ3) is 5.59. The molecule has 0 heterocycles. The van der Waals surface area contributed by atoms with Gasteiger partial charge in [0, 0.05) is 15.7 Å². The average Bonchev–Trinajstić information content (AvgIpc) is 2.75. The molecule has 0 aliphatic carbocycles. The summed E-state index contributed by atoms with van der Waals surface area (Å²) in [7, 11) is -2.64. The second-order valence-electron chi connectivity index (χ2n) is 6.18. The first-order valence-corrected chi connectivity index (χ1v) is 11.1. The summed E-state index contributed by atoms with van der Waals surface area (Å²) in [4.78, 5) is 17.5. The highest BCUT2D eigenvalue weighted by Gasteiger charge is 2.22. The van der Waals surface area contributed by atoms with Gasteiger partial charge in [0.25, 0.3) is 15.9 Å². The van der Waals surface area contributed by atoms with Crippen molar-refractivity contribution in [1.29, 1.82) is 0 Å². The molecule has 0 saturated carbocycles. The van der Waals surface area contributed by atoms with E-state index in [1.54, 1.807) is 24.3 Å². The van der Waals surface area contributed by atoms with Gasteiger partial charge in [-0.3, -0.25) is 14.4 Å². The molecule has 3 aromatic rings. The van der Waals surface area contributed by atoms with Crippen LogP contribution in [0.1, 0.15) is 15.9 Å². The lowest BCUT2D eigenvalue weighted by Crippen LogP contribution is -2.24. The Balaban J connectivity index is 1.76. The molecule has 30 heavy (non-hydrogen) atoms. The number of amides is 1. The Morgan fingerprint density at radius 3 is 2.37 bits per heavy atom. The zero-order valence-electron chi connectivity index (χ0n) is 16.0. The van der Waals surface area contributed by atoms with Crippen molar-refractivity contribution in [2.45, 2.75) is 11.5 Å². The Bertz CT molecular complexity index is 1120. The number of sulfonamides is 1. The summed E-state index contributed by atoms with van der Waals surface area (Å²) in [6.45, 7) is 0.180. The molecule has 0 atom stereocenters. The van der Waals surface area contributed by atoms with Crippen LogP contribution >= 0.6 is 15.9 Å². The van der Waals surface area contributed by atoms with Crippen molar-refractivity contribution in [3.8, 4) is 5.75 Å². The number of hydrogen-bond donors (Lipinski definition) is 2. The molecule has 3 aromatic carbocycles. The molecule has 0 aliphatic heterocycles. The molecule has 0 radical (unpaired) electrons. The lowest BCUT2D eigenvalue weighted by atomic mass is 10.2. The third-order valence-corrected chi connectivity index (χ3v) is 5.99. The average molecular weight is 491 g/mol. The molecule has 0 saturated heterocycles. The van der Waals surface area contributed by atoms with Crippen LogP contribution in [0.3, 0.4) is 0 Å². The van der Waals surface area contributed by atoms with Crippen LogP contribution in [0.4, 0.5) is 5.69 Å². The highest BCUT2D eigenvalue weighted by Crippen LogP contribution is 2.27. The van der Waals surface area contributed by atoms with Crippen LogP contribution in [-0.4, -0.2) is 21.4 Å². The number of carbonyl (C=O) groups excluding carboxylic acids is 1. The van der Waals surface area contributed by atoms with Gasteiger partial charge in [0.05, 0.1) is 13.7 Å². The van der Waals surface area contributed by atoms with E-state index < -0.39 is 15.9 Å². The minimum atomic E-state index is -4.00. The molecular weight excluding hydrogens is 472 g/mol. The monoisotopic (exact) mass is 490 g/mol. The van der Waals surface area contributed by atoms with Crippen LogP contribution < -0.4 is 14.9 Å². The number of nitrogens with one attached hydrogen (secondary N) is 2. The van der Waals surface area contributed by atoms with E-state index in [1.165, 1.54) is 25.3 Å². The number of ether oxygens (including phenoxy) is 1. The number of benzene rings is 3. The van der Waals surface area contributed by atoms with Crippen molar-refractivity contribution < 1.29 is 22.8 Å². The van der Waals surface area contributed by atoms with Gasteiger partial charge in [-0.15, -0.1) is 0 Å². The zero-order valence-corrected chi connectivity index (χ0v) is 18.4. The topological polar surface area (TPSA) is 93.7 Å². The highest BCUT2D eigenvalue weighted by molar-refractivity contribution is 9.10. The van der Waals surface area contributed by atoms with Crippen LogP contribution in [0.15, 0.2) is 82.2 Å². The molecule has 1 amide bonds. The Morgan fingerprint density at radius 1 is 1.00 bits per heavy atom. The fourth-order valence-electron chi connectivity index (χ4n) is 2.57. The van der Waals surface area contributed by atoms with E-state index in [4.69, 9.17) is 9.57 Å². The molecule has 0 bridgehead atoms. The normalized spacial score (nSPS) is 11.0. The molecule has 2 N–H and O–H groups in total. The lowest BCUT2D eigenvalue weighted by molar-refractivity contribution is 0.0233. The molecule has 0 aromatic heterocycles. The minimum absolute atomic E-state index is 0.111. The van der Waals surface area contributed by atoms with Crippen molar-refractivity contribution in [1.82, 2.24) is 5.48 Å². The van der Waals surface area contributed by atoms with Crippen LogP contribution in [0.5, 0.6) is 5.75 Å². The van der Waals surface area contributed by atoms with E-state index >= 15 is 0 Å². The largest absolute Gasteiger partial charge is 0.495 e. The summed E-state index contributed by atoms with van der Waals surface area (Å²) in [6, 6.07) is 20.1. The standard InChI is InChI=1S/C21H19BrN2O5S/c1-28-19-12-7-16(21(25)23-29-14-15-5-3-2-4-6-15)13-20(19)30(26,27)24-18-10-8-17(22)9-11-18/h2-13,24H,14H2,1H3,(H,23,25). The number of hydrogen-bond acceptors (Lipinski definition) is 5. The van der Waals surface area contributed by atoms with Crippen LogP contribution in [-0.2, 0) is 21.5 Å². The number of methoxy groups -OCH3 is 1. The van der Waals surface area contributed by atoms with Crippen LogP contribution in [0.2, 0.25) is 0 Å². The van der Waals surface area contributed by atoms with E-state index in [9.17, 15) is 13.2 Å². The number of hydroxylamine groups is 1. The Morgan fingerprint density at radius 2 is 1.70 bits per heavy atom. The van der Waals surface area contributed by atoms with Crippen molar-refractivity contribution in [3.05, 3.63) is 88.4 Å². The predicted octanol–water partition coefficient (Wildman–Crippen LogP) is 4.12. The van der Waals surface area contributed by atoms with Gasteiger partial charge in [0.2, 0.25) is 0 Å². The maximum atomic E-state index is 12.9. The second-order valence-corrected chi connectivity index (χ2v) is 8.75. The van der Waals surface area contributed by atoms with Gasteiger partial charge in [-0.25, -0.2) is 13.9 Å². The van der Waals surface area contributed by atoms with Crippen molar-refractivity contribution in [3.63, 3.8) is 0 Å². The summed E-state index contributed by atoms with van der Waals surface area (Å²) in [5.74, 6) is -0.463. The lowest BCUT2D eigenvalue weighted by Gasteiger charge is -2.13. The molecule has 9 heteroatoms. The second kappa shape index (κ2) is 9.75. The van der Waals surface area contributed by atoms with E-state index in [2.05, 4.69) is 26.1 Å². The van der Waals surface area contributed by atoms with Gasteiger partial charge in [0.1, 0.15) is 10.6 Å². The van der Waals surface area contributed by atoms with Gasteiger partial charge >= 0.3 is 0 Å². The first-order valence-electron chi connectivity index (χ1n) is 8.81. The maximum absolute atomic E-state index is 12.9. The summed E-state index contributed by atoms with van der Waals surface area (Å²) < 4.78 is 34.2. The smallest absolute Gasteiger partial charge is 0.274 e. The Kier molecular flexibility index (Phi) is 7.09. The Hall–Kier alpha value is -2.88. The third-order valence-electron chi connectivity index (χ3n) is 4.06. The van der Waals surface area contributed by atoms with Crippen molar-refractivity contribution in [2.24, 2.45) is 0 Å². The molecule has 3 rings (SSSR count). The van der Waals surface area contributed by atoms with E-state index in [-0.39, 0.29) is 22.8 Å². The number of halogens is 1. The summed E-state index contributed by atoms with van der Waals surface area (Å²) in [5.41, 5.74) is 3.69. The fraction of sp³-hybridized carbons (Fsp3) is 0.0952. The van der Waals surface area contributed by atoms with Gasteiger partial charge in [0.15, 0.2) is 0 Å². The van der Waals surface area contributed by atoms with Crippen molar-refractivity contribution in [2.75, 3.05) is 11.8 Å². The van der Waals surface area contributed by atoms with Crippen LogP contribution in [0.25, 0.3) is 0 Å². The SMILES string of the molecule is COc1ccc(C(=O)NOCc2ccccc2)cc1S(=O)(=O)Nc1ccc(Br)cc1. The van der Waals surface area contributed by atoms with Gasteiger partial charge in [-0.2, -0.15) is 0 Å². The Labute approximate surface area is 183 Å². The summed E-state index contributed by atoms with van der Waals surface area (Å²) in [6.07, 6.45) is 0. The van der Waals surface area contributed by atoms with E-state index in [1.807, 2.05) is 30.3 Å². The predicted molar refractivity (Wildman–Crippen MR) is 117 cm³/mol. The molecule has 0 spiro atoms. The molecule has 0 unspecified atom stereocenters. The molecule has 0 aliphatic rings. The molecule has 0 fully saturated rings. The maximum Gasteiger partial charge on any atom is 0.274 e. The molecule has 156 valence electrons. The number of carbonyl (C=O) groups is 1. The number of anilines is 1. The van der Waals surface area contributed by atoms with Gasteiger partial charge in [-0.05, 0) is 48.0 Å². The van der Waals surface area contributed by atoms with Crippen LogP contribution in [0, 0.1) is 0 Å². The fourth-order valence-corrected chi connectivity index (χ4v) is 4.09. The first-order chi connectivity index (χ1) is 14.4. The summed E-state index contributed by atoms with van der Waals surface area (Å²) in [5, 5.41) is 0.